The van der Waals surface area contributed by atoms with Crippen molar-refractivity contribution in [2.45, 2.75) is 51.1 Å². The molecule has 5 heteroatoms. The molecule has 1 aliphatic carbocycles. The number of hydrogen-bond acceptors (Lipinski definition) is 3. The molecule has 22 heavy (non-hydrogen) atoms. The molecule has 5 nitrogen and oxygen atoms in total. The molecule has 2 rings (SSSR count). The van der Waals surface area contributed by atoms with Crippen molar-refractivity contribution in [3.05, 3.63) is 23.8 Å². The highest BCUT2D eigenvalue weighted by molar-refractivity contribution is 5.74. The number of carbonyl (C=O) groups is 1. The largest absolute Gasteiger partial charge is 0.493 e. The van der Waals surface area contributed by atoms with E-state index in [1.807, 2.05) is 25.1 Å². The summed E-state index contributed by atoms with van der Waals surface area (Å²) in [4.78, 5) is 12.1. The molecule has 0 radical (unpaired) electrons. The highest BCUT2D eigenvalue weighted by atomic mass is 16.5. The van der Waals surface area contributed by atoms with Crippen molar-refractivity contribution >= 4 is 6.03 Å². The number of methoxy groups -OCH3 is 2. The summed E-state index contributed by atoms with van der Waals surface area (Å²) in [6.45, 7) is 1.96. The van der Waals surface area contributed by atoms with Gasteiger partial charge in [-0.25, -0.2) is 4.79 Å². The molecule has 2 N–H and O–H groups in total. The van der Waals surface area contributed by atoms with E-state index in [0.29, 0.717) is 17.5 Å². The van der Waals surface area contributed by atoms with Crippen molar-refractivity contribution in [3.8, 4) is 11.5 Å². The lowest BCUT2D eigenvalue weighted by molar-refractivity contribution is 0.229. The van der Waals surface area contributed by atoms with Gasteiger partial charge in [0, 0.05) is 6.04 Å². The lowest BCUT2D eigenvalue weighted by Crippen LogP contribution is -2.43. The maximum absolute atomic E-state index is 12.1. The Kier molecular flexibility index (Phi) is 5.92. The molecule has 0 aliphatic heterocycles. The molecular weight excluding hydrogens is 280 g/mol. The van der Waals surface area contributed by atoms with Crippen LogP contribution in [-0.2, 0) is 0 Å². The average molecular weight is 306 g/mol. The van der Waals surface area contributed by atoms with Crippen LogP contribution in [0.15, 0.2) is 18.2 Å². The lowest BCUT2D eigenvalue weighted by Gasteiger charge is -2.24. The fourth-order valence-electron chi connectivity index (χ4n) is 2.88. The predicted octanol–water partition coefficient (Wildman–Crippen LogP) is 3.40. The first kappa shape index (κ1) is 16.5. The van der Waals surface area contributed by atoms with E-state index in [2.05, 4.69) is 10.6 Å². The van der Waals surface area contributed by atoms with Crippen molar-refractivity contribution in [2.24, 2.45) is 0 Å². The van der Waals surface area contributed by atoms with Crippen LogP contribution in [0.5, 0.6) is 11.5 Å². The Bertz CT molecular complexity index is 499. The van der Waals surface area contributed by atoms with Crippen LogP contribution in [-0.4, -0.2) is 26.3 Å². The summed E-state index contributed by atoms with van der Waals surface area (Å²) in [5.41, 5.74) is 0.983. The van der Waals surface area contributed by atoms with E-state index < -0.39 is 0 Å². The minimum absolute atomic E-state index is 0.0941. The quantitative estimate of drug-likeness (QED) is 0.876. The molecule has 0 bridgehead atoms. The van der Waals surface area contributed by atoms with Gasteiger partial charge in [0.15, 0.2) is 11.5 Å². The van der Waals surface area contributed by atoms with Gasteiger partial charge in [-0.15, -0.1) is 0 Å². The second-order valence-electron chi connectivity index (χ2n) is 5.79. The second kappa shape index (κ2) is 7.92. The Hall–Kier alpha value is -1.91. The molecule has 2 amide bonds. The van der Waals surface area contributed by atoms with Gasteiger partial charge in [0.2, 0.25) is 0 Å². The molecule has 0 aromatic heterocycles. The standard InChI is InChI=1S/C17H26N2O3/c1-12(13-9-10-15(21-2)16(11-13)22-3)18-17(20)19-14-7-5-4-6-8-14/h9-12,14H,4-8H2,1-3H3,(H2,18,19,20). The first-order chi connectivity index (χ1) is 10.6. The lowest BCUT2D eigenvalue weighted by atomic mass is 9.96. The molecule has 1 aromatic carbocycles. The Morgan fingerprint density at radius 3 is 2.45 bits per heavy atom. The summed E-state index contributed by atoms with van der Waals surface area (Å²) in [6.07, 6.45) is 5.85. The van der Waals surface area contributed by atoms with E-state index in [-0.39, 0.29) is 12.1 Å². The number of nitrogens with one attached hydrogen (secondary N) is 2. The molecule has 1 aliphatic rings. The number of rotatable bonds is 5. The molecule has 1 fully saturated rings. The summed E-state index contributed by atoms with van der Waals surface area (Å²) >= 11 is 0. The number of carbonyl (C=O) groups excluding carboxylic acids is 1. The molecule has 0 heterocycles. The van der Waals surface area contributed by atoms with Crippen LogP contribution in [0.25, 0.3) is 0 Å². The number of benzene rings is 1. The van der Waals surface area contributed by atoms with Gasteiger partial charge in [-0.2, -0.15) is 0 Å². The molecule has 1 unspecified atom stereocenters. The smallest absolute Gasteiger partial charge is 0.315 e. The van der Waals surface area contributed by atoms with Crippen LogP contribution in [0.4, 0.5) is 4.79 Å². The van der Waals surface area contributed by atoms with Crippen molar-refractivity contribution < 1.29 is 14.3 Å². The van der Waals surface area contributed by atoms with E-state index in [9.17, 15) is 4.79 Å². The van der Waals surface area contributed by atoms with Crippen LogP contribution in [0.1, 0.15) is 50.6 Å². The van der Waals surface area contributed by atoms with Crippen molar-refractivity contribution in [1.29, 1.82) is 0 Å². The van der Waals surface area contributed by atoms with Gasteiger partial charge in [0.05, 0.1) is 20.3 Å². The van der Waals surface area contributed by atoms with Crippen LogP contribution in [0.3, 0.4) is 0 Å². The Balaban J connectivity index is 1.93. The zero-order valence-corrected chi connectivity index (χ0v) is 13.6. The van der Waals surface area contributed by atoms with Crippen molar-refractivity contribution in [1.82, 2.24) is 10.6 Å². The SMILES string of the molecule is COc1ccc(C(C)NC(=O)NC2CCCCC2)cc1OC. The molecule has 0 spiro atoms. The Morgan fingerprint density at radius 1 is 1.14 bits per heavy atom. The van der Waals surface area contributed by atoms with Crippen LogP contribution < -0.4 is 20.1 Å². The van der Waals surface area contributed by atoms with Crippen LogP contribution in [0.2, 0.25) is 0 Å². The van der Waals surface area contributed by atoms with Gasteiger partial charge in [-0.3, -0.25) is 0 Å². The normalized spacial score (nSPS) is 16.7. The third-order valence-electron chi connectivity index (χ3n) is 4.20. The number of urea groups is 1. The second-order valence-corrected chi connectivity index (χ2v) is 5.79. The van der Waals surface area contributed by atoms with E-state index in [1.54, 1.807) is 14.2 Å². The predicted molar refractivity (Wildman–Crippen MR) is 86.5 cm³/mol. The van der Waals surface area contributed by atoms with Crippen molar-refractivity contribution in [2.75, 3.05) is 14.2 Å². The summed E-state index contributed by atoms with van der Waals surface area (Å²) in [6, 6.07) is 5.80. The van der Waals surface area contributed by atoms with E-state index >= 15 is 0 Å². The molecule has 122 valence electrons. The summed E-state index contributed by atoms with van der Waals surface area (Å²) < 4.78 is 10.5. The minimum Gasteiger partial charge on any atom is -0.493 e. The molecule has 1 atom stereocenters. The third-order valence-corrected chi connectivity index (χ3v) is 4.20. The van der Waals surface area contributed by atoms with E-state index in [1.165, 1.54) is 19.3 Å². The fourth-order valence-corrected chi connectivity index (χ4v) is 2.88. The highest BCUT2D eigenvalue weighted by Crippen LogP contribution is 2.29. The monoisotopic (exact) mass is 306 g/mol. The number of amides is 2. The Labute approximate surface area is 132 Å². The van der Waals surface area contributed by atoms with Gasteiger partial charge >= 0.3 is 6.03 Å². The van der Waals surface area contributed by atoms with Crippen LogP contribution >= 0.6 is 0 Å². The summed E-state index contributed by atoms with van der Waals surface area (Å²) in [7, 11) is 3.21. The third kappa shape index (κ3) is 4.29. The molecule has 1 aromatic rings. The van der Waals surface area contributed by atoms with Gasteiger partial charge < -0.3 is 20.1 Å². The van der Waals surface area contributed by atoms with E-state index in [0.717, 1.165) is 18.4 Å². The van der Waals surface area contributed by atoms with Gasteiger partial charge in [-0.1, -0.05) is 25.3 Å². The Morgan fingerprint density at radius 2 is 1.82 bits per heavy atom. The minimum atomic E-state index is -0.103. The maximum atomic E-state index is 12.1. The number of ether oxygens (including phenoxy) is 2. The maximum Gasteiger partial charge on any atom is 0.315 e. The summed E-state index contributed by atoms with van der Waals surface area (Å²) in [5.74, 6) is 1.35. The topological polar surface area (TPSA) is 59.6 Å². The van der Waals surface area contributed by atoms with Gasteiger partial charge in [-0.05, 0) is 37.5 Å². The highest BCUT2D eigenvalue weighted by Gasteiger charge is 2.17. The fraction of sp³-hybridized carbons (Fsp3) is 0.588. The first-order valence-electron chi connectivity index (χ1n) is 7.93. The van der Waals surface area contributed by atoms with Gasteiger partial charge in [0.1, 0.15) is 0 Å². The van der Waals surface area contributed by atoms with Gasteiger partial charge in [0.25, 0.3) is 0 Å². The molecule has 1 saturated carbocycles. The molecular formula is C17H26N2O3. The zero-order valence-electron chi connectivity index (χ0n) is 13.6. The van der Waals surface area contributed by atoms with Crippen molar-refractivity contribution in [3.63, 3.8) is 0 Å². The first-order valence-corrected chi connectivity index (χ1v) is 7.93. The number of hydrogen-bond donors (Lipinski definition) is 2. The van der Waals surface area contributed by atoms with E-state index in [4.69, 9.17) is 9.47 Å². The molecule has 0 saturated heterocycles. The summed E-state index contributed by atoms with van der Waals surface area (Å²) in [5, 5.41) is 6.05. The zero-order chi connectivity index (χ0) is 15.9. The average Bonchev–Trinajstić information content (AvgIpc) is 2.54. The van der Waals surface area contributed by atoms with Crippen LogP contribution in [0, 0.1) is 0 Å².